The molecular weight excluding hydrogens is 212 g/mol. The highest BCUT2D eigenvalue weighted by Gasteiger charge is 2.13. The first kappa shape index (κ1) is 13.5. The zero-order valence-corrected chi connectivity index (χ0v) is 10.7. The van der Waals surface area contributed by atoms with Crippen molar-refractivity contribution in [2.45, 2.75) is 38.6 Å². The van der Waals surface area contributed by atoms with E-state index in [1.807, 2.05) is 24.3 Å². The fourth-order valence-electron chi connectivity index (χ4n) is 1.42. The van der Waals surface area contributed by atoms with Gasteiger partial charge in [0, 0.05) is 6.42 Å². The van der Waals surface area contributed by atoms with Crippen LogP contribution in [0.1, 0.15) is 32.8 Å². The van der Waals surface area contributed by atoms with E-state index in [1.165, 1.54) is 5.56 Å². The zero-order valence-electron chi connectivity index (χ0n) is 10.7. The van der Waals surface area contributed by atoms with Crippen LogP contribution in [-0.2, 0) is 5.41 Å². The Kier molecular flexibility index (Phi) is 4.53. The van der Waals surface area contributed by atoms with Gasteiger partial charge in [0.15, 0.2) is 0 Å². The molecule has 0 aromatic heterocycles. The molecule has 0 radical (unpaired) electrons. The van der Waals surface area contributed by atoms with E-state index in [-0.39, 0.29) is 5.41 Å². The van der Waals surface area contributed by atoms with Crippen LogP contribution in [0.3, 0.4) is 0 Å². The molecule has 92 valence electrons. The summed E-state index contributed by atoms with van der Waals surface area (Å²) in [5.41, 5.74) is 6.84. The van der Waals surface area contributed by atoms with Gasteiger partial charge in [0.25, 0.3) is 0 Å². The molecule has 0 saturated heterocycles. The lowest BCUT2D eigenvalue weighted by Gasteiger charge is -2.19. The second kappa shape index (κ2) is 5.70. The summed E-state index contributed by atoms with van der Waals surface area (Å²) in [7, 11) is 0. The monoisotopic (exact) mass is 232 g/mol. The molecule has 0 aliphatic heterocycles. The Morgan fingerprint density at radius 1 is 1.41 bits per heavy atom. The van der Waals surface area contributed by atoms with Gasteiger partial charge in [-0.25, -0.2) is 0 Å². The van der Waals surface area contributed by atoms with Crippen LogP contribution in [0.15, 0.2) is 24.3 Å². The molecule has 0 aliphatic rings. The van der Waals surface area contributed by atoms with Crippen LogP contribution in [0, 0.1) is 11.3 Å². The molecule has 1 atom stereocenters. The van der Waals surface area contributed by atoms with Gasteiger partial charge >= 0.3 is 0 Å². The maximum absolute atomic E-state index is 8.55. The number of nitrogens with two attached hydrogens (primary N) is 1. The molecule has 1 rings (SSSR count). The van der Waals surface area contributed by atoms with Crippen molar-refractivity contribution >= 4 is 0 Å². The lowest BCUT2D eigenvalue weighted by molar-refractivity contribution is 0.305. The van der Waals surface area contributed by atoms with Gasteiger partial charge in [-0.3, -0.25) is 0 Å². The predicted octanol–water partition coefficient (Wildman–Crippen LogP) is 2.60. The van der Waals surface area contributed by atoms with Crippen LogP contribution in [-0.4, -0.2) is 12.6 Å². The SMILES string of the molecule is CC(C)(C)c1cccc(OCCC(N)C#N)c1. The van der Waals surface area contributed by atoms with Crippen molar-refractivity contribution in [2.24, 2.45) is 5.73 Å². The minimum absolute atomic E-state index is 0.114. The minimum atomic E-state index is -0.444. The van der Waals surface area contributed by atoms with E-state index in [4.69, 9.17) is 15.7 Å². The lowest BCUT2D eigenvalue weighted by atomic mass is 9.87. The molecule has 0 heterocycles. The average Bonchev–Trinajstić information content (AvgIpc) is 2.28. The number of nitriles is 1. The number of hydrogen-bond acceptors (Lipinski definition) is 3. The van der Waals surface area contributed by atoms with Crippen molar-refractivity contribution in [3.63, 3.8) is 0 Å². The summed E-state index contributed by atoms with van der Waals surface area (Å²) in [5.74, 6) is 0.836. The summed E-state index contributed by atoms with van der Waals surface area (Å²) in [6.45, 7) is 6.97. The first-order valence-electron chi connectivity index (χ1n) is 5.82. The molecule has 17 heavy (non-hydrogen) atoms. The summed E-state index contributed by atoms with van der Waals surface area (Å²) in [6.07, 6.45) is 0.552. The Bertz CT molecular complexity index is 401. The van der Waals surface area contributed by atoms with E-state index in [0.717, 1.165) is 5.75 Å². The van der Waals surface area contributed by atoms with Crippen molar-refractivity contribution < 1.29 is 4.74 Å². The van der Waals surface area contributed by atoms with Crippen molar-refractivity contribution in [2.75, 3.05) is 6.61 Å². The van der Waals surface area contributed by atoms with Gasteiger partial charge in [-0.2, -0.15) is 5.26 Å². The molecule has 0 amide bonds. The molecule has 1 aromatic rings. The fourth-order valence-corrected chi connectivity index (χ4v) is 1.42. The standard InChI is InChI=1S/C14H20N2O/c1-14(2,3)11-5-4-6-13(9-11)17-8-7-12(16)10-15/h4-6,9,12H,7-8,16H2,1-3H3. The van der Waals surface area contributed by atoms with Crippen LogP contribution in [0.4, 0.5) is 0 Å². The minimum Gasteiger partial charge on any atom is -0.493 e. The maximum atomic E-state index is 8.55. The van der Waals surface area contributed by atoms with Gasteiger partial charge in [-0.05, 0) is 23.1 Å². The highest BCUT2D eigenvalue weighted by atomic mass is 16.5. The number of hydrogen-bond donors (Lipinski definition) is 1. The molecule has 3 nitrogen and oxygen atoms in total. The Morgan fingerprint density at radius 3 is 2.71 bits per heavy atom. The van der Waals surface area contributed by atoms with Gasteiger partial charge in [-0.1, -0.05) is 32.9 Å². The van der Waals surface area contributed by atoms with E-state index >= 15 is 0 Å². The molecule has 0 spiro atoms. The van der Waals surface area contributed by atoms with E-state index in [0.29, 0.717) is 13.0 Å². The first-order chi connectivity index (χ1) is 7.93. The topological polar surface area (TPSA) is 59.0 Å². The van der Waals surface area contributed by atoms with Crippen molar-refractivity contribution in [3.8, 4) is 11.8 Å². The normalized spacial score (nSPS) is 12.9. The van der Waals surface area contributed by atoms with Gasteiger partial charge in [0.05, 0.1) is 18.7 Å². The molecule has 0 bridgehead atoms. The van der Waals surface area contributed by atoms with Crippen LogP contribution in [0.25, 0.3) is 0 Å². The highest BCUT2D eigenvalue weighted by Crippen LogP contribution is 2.25. The Morgan fingerprint density at radius 2 is 2.12 bits per heavy atom. The van der Waals surface area contributed by atoms with Crippen LogP contribution in [0.2, 0.25) is 0 Å². The number of rotatable bonds is 4. The van der Waals surface area contributed by atoms with E-state index in [9.17, 15) is 0 Å². The number of ether oxygens (including phenoxy) is 1. The fraction of sp³-hybridized carbons (Fsp3) is 0.500. The third-order valence-electron chi connectivity index (χ3n) is 2.56. The Labute approximate surface area is 103 Å². The summed E-state index contributed by atoms with van der Waals surface area (Å²) in [5, 5.41) is 8.55. The Balaban J connectivity index is 2.58. The third-order valence-corrected chi connectivity index (χ3v) is 2.56. The van der Waals surface area contributed by atoms with Crippen molar-refractivity contribution in [3.05, 3.63) is 29.8 Å². The summed E-state index contributed by atoms with van der Waals surface area (Å²) in [6, 6.07) is 9.58. The summed E-state index contributed by atoms with van der Waals surface area (Å²) < 4.78 is 5.58. The average molecular weight is 232 g/mol. The van der Waals surface area contributed by atoms with Crippen molar-refractivity contribution in [1.82, 2.24) is 0 Å². The van der Waals surface area contributed by atoms with Crippen molar-refractivity contribution in [1.29, 1.82) is 5.26 Å². The van der Waals surface area contributed by atoms with Gasteiger partial charge < -0.3 is 10.5 Å². The molecule has 0 fully saturated rings. The predicted molar refractivity (Wildman–Crippen MR) is 68.8 cm³/mol. The van der Waals surface area contributed by atoms with Gasteiger partial charge in [0.2, 0.25) is 0 Å². The maximum Gasteiger partial charge on any atom is 0.119 e. The number of benzene rings is 1. The van der Waals surface area contributed by atoms with E-state index in [2.05, 4.69) is 26.8 Å². The second-order valence-electron chi connectivity index (χ2n) is 5.15. The van der Waals surface area contributed by atoms with Crippen LogP contribution >= 0.6 is 0 Å². The third kappa shape index (κ3) is 4.46. The highest BCUT2D eigenvalue weighted by molar-refractivity contribution is 5.32. The molecule has 2 N–H and O–H groups in total. The Hall–Kier alpha value is -1.53. The lowest BCUT2D eigenvalue weighted by Crippen LogP contribution is -2.20. The molecule has 1 aromatic carbocycles. The molecular formula is C14H20N2O. The molecule has 3 heteroatoms. The molecule has 0 aliphatic carbocycles. The van der Waals surface area contributed by atoms with E-state index < -0.39 is 6.04 Å². The van der Waals surface area contributed by atoms with Gasteiger partial charge in [-0.15, -0.1) is 0 Å². The van der Waals surface area contributed by atoms with Crippen LogP contribution < -0.4 is 10.5 Å². The van der Waals surface area contributed by atoms with Gasteiger partial charge in [0.1, 0.15) is 5.75 Å². The molecule has 0 saturated carbocycles. The number of nitrogens with zero attached hydrogens (tertiary/aromatic N) is 1. The molecule has 1 unspecified atom stereocenters. The second-order valence-corrected chi connectivity index (χ2v) is 5.15. The summed E-state index contributed by atoms with van der Waals surface area (Å²) >= 11 is 0. The first-order valence-corrected chi connectivity index (χ1v) is 5.82. The largest absolute Gasteiger partial charge is 0.493 e. The van der Waals surface area contributed by atoms with E-state index in [1.54, 1.807) is 0 Å². The quantitative estimate of drug-likeness (QED) is 0.868. The zero-order chi connectivity index (χ0) is 12.9. The van der Waals surface area contributed by atoms with Crippen LogP contribution in [0.5, 0.6) is 5.75 Å². The smallest absolute Gasteiger partial charge is 0.119 e. The summed E-state index contributed by atoms with van der Waals surface area (Å²) in [4.78, 5) is 0.